The fourth-order valence-electron chi connectivity index (χ4n) is 2.46. The highest BCUT2D eigenvalue weighted by Gasteiger charge is 2.16. The van der Waals surface area contributed by atoms with Crippen LogP contribution in [0.4, 0.5) is 11.4 Å². The predicted octanol–water partition coefficient (Wildman–Crippen LogP) is 3.37. The normalized spacial score (nSPS) is 13.0. The molecule has 0 fully saturated rings. The monoisotopic (exact) mass is 342 g/mol. The van der Waals surface area contributed by atoms with Gasteiger partial charge in [0.05, 0.1) is 11.4 Å². The van der Waals surface area contributed by atoms with E-state index in [1.165, 1.54) is 11.8 Å². The number of fused-ring (bicyclic) bond motifs is 1. The molecule has 1 aliphatic rings. The molecule has 1 heterocycles. The van der Waals surface area contributed by atoms with Gasteiger partial charge in [-0.2, -0.15) is 0 Å². The number of benzene rings is 2. The van der Waals surface area contributed by atoms with Crippen molar-refractivity contribution in [3.05, 3.63) is 47.5 Å². The van der Waals surface area contributed by atoms with Gasteiger partial charge in [-0.05, 0) is 43.7 Å². The number of carbonyl (C=O) groups is 2. The second-order valence-electron chi connectivity index (χ2n) is 5.65. The third kappa shape index (κ3) is 3.89. The van der Waals surface area contributed by atoms with E-state index in [0.29, 0.717) is 17.2 Å². The predicted molar refractivity (Wildman–Crippen MR) is 95.8 cm³/mol. The Kier molecular flexibility index (Phi) is 4.76. The fraction of sp³-hybridized carbons (Fsp3) is 0.222. The van der Waals surface area contributed by atoms with Crippen LogP contribution < -0.4 is 15.4 Å². The molecule has 0 atom stereocenters. The number of hydrogen-bond donors (Lipinski definition) is 2. The standard InChI is InChI=1S/C18H18N2O3S/c1-11-3-5-15(12(2)7-11)23-9-17(21)19-13-4-6-16-14(8-13)20-18(22)10-24-16/h3-8H,9-10H2,1-2H3,(H,19,21)(H,20,22). The number of nitrogens with one attached hydrogen (secondary N) is 2. The average Bonchev–Trinajstić information content (AvgIpc) is 2.53. The van der Waals surface area contributed by atoms with Crippen molar-refractivity contribution < 1.29 is 14.3 Å². The molecule has 24 heavy (non-hydrogen) atoms. The Bertz CT molecular complexity index is 805. The number of anilines is 2. The van der Waals surface area contributed by atoms with Crippen LogP contribution in [0.15, 0.2) is 41.3 Å². The number of amides is 2. The molecule has 0 saturated carbocycles. The third-order valence-corrected chi connectivity index (χ3v) is 4.66. The van der Waals surface area contributed by atoms with E-state index in [1.54, 1.807) is 6.07 Å². The second kappa shape index (κ2) is 6.97. The zero-order valence-electron chi connectivity index (χ0n) is 13.5. The van der Waals surface area contributed by atoms with Gasteiger partial charge in [0.2, 0.25) is 5.91 Å². The maximum Gasteiger partial charge on any atom is 0.262 e. The maximum atomic E-state index is 12.1. The van der Waals surface area contributed by atoms with Crippen LogP contribution in [0.25, 0.3) is 0 Å². The first-order chi connectivity index (χ1) is 11.5. The van der Waals surface area contributed by atoms with Crippen LogP contribution >= 0.6 is 11.8 Å². The molecular weight excluding hydrogens is 324 g/mol. The van der Waals surface area contributed by atoms with Gasteiger partial charge < -0.3 is 15.4 Å². The molecular formula is C18H18N2O3S. The molecule has 0 spiro atoms. The van der Waals surface area contributed by atoms with Crippen molar-refractivity contribution in [3.8, 4) is 5.75 Å². The Morgan fingerprint density at radius 2 is 2.08 bits per heavy atom. The van der Waals surface area contributed by atoms with Gasteiger partial charge in [0.1, 0.15) is 5.75 Å². The molecule has 0 aliphatic carbocycles. The SMILES string of the molecule is Cc1ccc(OCC(=O)Nc2ccc3c(c2)NC(=O)CS3)c(C)c1. The molecule has 6 heteroatoms. The number of hydrogen-bond acceptors (Lipinski definition) is 4. The van der Waals surface area contributed by atoms with E-state index in [0.717, 1.165) is 21.7 Å². The number of aryl methyl sites for hydroxylation is 2. The van der Waals surface area contributed by atoms with Crippen molar-refractivity contribution in [3.63, 3.8) is 0 Å². The fourth-order valence-corrected chi connectivity index (χ4v) is 3.25. The zero-order chi connectivity index (χ0) is 17.1. The van der Waals surface area contributed by atoms with Gasteiger partial charge in [-0.25, -0.2) is 0 Å². The summed E-state index contributed by atoms with van der Waals surface area (Å²) >= 11 is 1.49. The van der Waals surface area contributed by atoms with E-state index in [2.05, 4.69) is 10.6 Å². The van der Waals surface area contributed by atoms with Crippen LogP contribution in [0.5, 0.6) is 5.75 Å². The highest BCUT2D eigenvalue weighted by molar-refractivity contribution is 8.00. The smallest absolute Gasteiger partial charge is 0.262 e. The average molecular weight is 342 g/mol. The summed E-state index contributed by atoms with van der Waals surface area (Å²) in [6.07, 6.45) is 0. The maximum absolute atomic E-state index is 12.1. The van der Waals surface area contributed by atoms with E-state index < -0.39 is 0 Å². The van der Waals surface area contributed by atoms with Gasteiger partial charge >= 0.3 is 0 Å². The van der Waals surface area contributed by atoms with Crippen molar-refractivity contribution in [2.75, 3.05) is 23.0 Å². The minimum atomic E-state index is -0.246. The summed E-state index contributed by atoms with van der Waals surface area (Å²) in [7, 11) is 0. The molecule has 3 rings (SSSR count). The Labute approximate surface area is 144 Å². The lowest BCUT2D eigenvalue weighted by molar-refractivity contribution is -0.118. The van der Waals surface area contributed by atoms with Crippen LogP contribution in [0.2, 0.25) is 0 Å². The van der Waals surface area contributed by atoms with Crippen LogP contribution in [-0.4, -0.2) is 24.2 Å². The zero-order valence-corrected chi connectivity index (χ0v) is 14.3. The largest absolute Gasteiger partial charge is 0.483 e. The lowest BCUT2D eigenvalue weighted by Crippen LogP contribution is -2.21. The molecule has 2 aromatic carbocycles. The molecule has 0 radical (unpaired) electrons. The summed E-state index contributed by atoms with van der Waals surface area (Å²) in [5.41, 5.74) is 3.50. The molecule has 124 valence electrons. The van der Waals surface area contributed by atoms with E-state index in [4.69, 9.17) is 4.74 Å². The van der Waals surface area contributed by atoms with Crippen molar-refractivity contribution in [2.24, 2.45) is 0 Å². The Hall–Kier alpha value is -2.47. The summed E-state index contributed by atoms with van der Waals surface area (Å²) in [4.78, 5) is 24.5. The number of ether oxygens (including phenoxy) is 1. The molecule has 5 nitrogen and oxygen atoms in total. The number of rotatable bonds is 4. The highest BCUT2D eigenvalue weighted by atomic mass is 32.2. The van der Waals surface area contributed by atoms with Crippen molar-refractivity contribution in [1.29, 1.82) is 0 Å². The topological polar surface area (TPSA) is 67.4 Å². The Balaban J connectivity index is 1.61. The van der Waals surface area contributed by atoms with E-state index in [1.807, 2.05) is 44.2 Å². The van der Waals surface area contributed by atoms with Gasteiger partial charge in [0, 0.05) is 10.6 Å². The van der Waals surface area contributed by atoms with Crippen molar-refractivity contribution >= 4 is 35.0 Å². The van der Waals surface area contributed by atoms with Crippen LogP contribution in [0, 0.1) is 13.8 Å². The number of thioether (sulfide) groups is 1. The van der Waals surface area contributed by atoms with E-state index in [-0.39, 0.29) is 18.4 Å². The summed E-state index contributed by atoms with van der Waals surface area (Å²) in [5, 5.41) is 5.59. The van der Waals surface area contributed by atoms with Gasteiger partial charge in [-0.15, -0.1) is 11.8 Å². The van der Waals surface area contributed by atoms with Crippen LogP contribution in [-0.2, 0) is 9.59 Å². The molecule has 0 bridgehead atoms. The first-order valence-corrected chi connectivity index (χ1v) is 8.56. The molecule has 0 saturated heterocycles. The number of carbonyl (C=O) groups excluding carboxylic acids is 2. The van der Waals surface area contributed by atoms with Crippen LogP contribution in [0.1, 0.15) is 11.1 Å². The second-order valence-corrected chi connectivity index (χ2v) is 6.67. The quantitative estimate of drug-likeness (QED) is 0.894. The minimum Gasteiger partial charge on any atom is -0.483 e. The summed E-state index contributed by atoms with van der Waals surface area (Å²) in [5.74, 6) is 0.839. The van der Waals surface area contributed by atoms with Crippen LogP contribution in [0.3, 0.4) is 0 Å². The molecule has 1 aliphatic heterocycles. The van der Waals surface area contributed by atoms with Gasteiger partial charge in [-0.1, -0.05) is 17.7 Å². The minimum absolute atomic E-state index is 0.0332. The first kappa shape index (κ1) is 16.4. The Morgan fingerprint density at radius 1 is 1.25 bits per heavy atom. The van der Waals surface area contributed by atoms with Gasteiger partial charge in [0.15, 0.2) is 6.61 Å². The lowest BCUT2D eigenvalue weighted by atomic mass is 10.1. The van der Waals surface area contributed by atoms with E-state index in [9.17, 15) is 9.59 Å². The molecule has 2 aromatic rings. The van der Waals surface area contributed by atoms with Crippen molar-refractivity contribution in [2.45, 2.75) is 18.7 Å². The third-order valence-electron chi connectivity index (χ3n) is 3.59. The van der Waals surface area contributed by atoms with Gasteiger partial charge in [-0.3, -0.25) is 9.59 Å². The molecule has 2 amide bonds. The Morgan fingerprint density at radius 3 is 2.88 bits per heavy atom. The molecule has 0 aromatic heterocycles. The first-order valence-electron chi connectivity index (χ1n) is 7.58. The lowest BCUT2D eigenvalue weighted by Gasteiger charge is -2.17. The van der Waals surface area contributed by atoms with Gasteiger partial charge in [0.25, 0.3) is 5.91 Å². The summed E-state index contributed by atoms with van der Waals surface area (Å²) in [6, 6.07) is 11.3. The summed E-state index contributed by atoms with van der Waals surface area (Å²) in [6.45, 7) is 3.89. The molecule has 2 N–H and O–H groups in total. The van der Waals surface area contributed by atoms with Crippen molar-refractivity contribution in [1.82, 2.24) is 0 Å². The summed E-state index contributed by atoms with van der Waals surface area (Å²) < 4.78 is 5.57. The van der Waals surface area contributed by atoms with E-state index >= 15 is 0 Å². The molecule has 0 unspecified atom stereocenters. The highest BCUT2D eigenvalue weighted by Crippen LogP contribution is 2.33.